The predicted molar refractivity (Wildman–Crippen MR) is 109 cm³/mol. The number of nitrogens with zero attached hydrogens (tertiary/aromatic N) is 3. The summed E-state index contributed by atoms with van der Waals surface area (Å²) in [6.45, 7) is 11.0. The van der Waals surface area contributed by atoms with Crippen LogP contribution in [0, 0.1) is 10.1 Å². The highest BCUT2D eigenvalue weighted by Crippen LogP contribution is 2.34. The first-order chi connectivity index (χ1) is 13.6. The molecule has 29 heavy (non-hydrogen) atoms. The first kappa shape index (κ1) is 22.5. The van der Waals surface area contributed by atoms with E-state index in [1.165, 1.54) is 37.9 Å². The topological polar surface area (TPSA) is 132 Å². The maximum Gasteiger partial charge on any atom is 0.300 e. The van der Waals surface area contributed by atoms with Crippen LogP contribution in [0.3, 0.4) is 0 Å². The number of carbonyl (C=O) groups excluding carboxylic acids is 1. The van der Waals surface area contributed by atoms with Gasteiger partial charge in [0.1, 0.15) is 5.60 Å². The SMILES string of the molecule is CC(C)(Nc1ccc([N+](=O)[O-])c2nonc12)C(C)(C)OC=O.CC1CCCCN1. The van der Waals surface area contributed by atoms with E-state index in [2.05, 4.69) is 32.5 Å². The number of nitrogens with one attached hydrogen (secondary N) is 2. The summed E-state index contributed by atoms with van der Waals surface area (Å²) >= 11 is 0. The molecule has 2 aromatic rings. The molecule has 0 amide bonds. The smallest absolute Gasteiger partial charge is 0.300 e. The zero-order chi connectivity index (χ0) is 21.7. The van der Waals surface area contributed by atoms with Gasteiger partial charge >= 0.3 is 5.69 Å². The molecule has 1 atom stereocenters. The van der Waals surface area contributed by atoms with Crippen molar-refractivity contribution in [1.82, 2.24) is 15.6 Å². The van der Waals surface area contributed by atoms with E-state index < -0.39 is 16.1 Å². The fourth-order valence-corrected chi connectivity index (χ4v) is 2.88. The Morgan fingerprint density at radius 3 is 2.48 bits per heavy atom. The number of carbonyl (C=O) groups is 1. The van der Waals surface area contributed by atoms with Gasteiger partial charge in [0.05, 0.1) is 16.1 Å². The molecule has 0 aliphatic carbocycles. The normalized spacial score (nSPS) is 17.2. The van der Waals surface area contributed by atoms with E-state index in [4.69, 9.17) is 4.74 Å². The number of benzene rings is 1. The lowest BCUT2D eigenvalue weighted by Gasteiger charge is -2.41. The summed E-state index contributed by atoms with van der Waals surface area (Å²) in [5.74, 6) is 0. The highest BCUT2D eigenvalue weighted by atomic mass is 16.6. The van der Waals surface area contributed by atoms with Gasteiger partial charge < -0.3 is 15.4 Å². The fraction of sp³-hybridized carbons (Fsp3) is 0.632. The van der Waals surface area contributed by atoms with Gasteiger partial charge in [-0.2, -0.15) is 0 Å². The minimum absolute atomic E-state index is 0.0555. The molecular weight excluding hydrogens is 378 g/mol. The number of rotatable bonds is 6. The zero-order valence-corrected chi connectivity index (χ0v) is 17.5. The molecule has 0 saturated carbocycles. The van der Waals surface area contributed by atoms with Crippen LogP contribution in [0.1, 0.15) is 53.9 Å². The lowest BCUT2D eigenvalue weighted by Crippen LogP contribution is -2.52. The van der Waals surface area contributed by atoms with Crippen LogP contribution in [0.15, 0.2) is 16.8 Å². The molecule has 0 bridgehead atoms. The first-order valence-electron chi connectivity index (χ1n) is 9.62. The third-order valence-corrected chi connectivity index (χ3v) is 5.44. The number of piperidine rings is 1. The van der Waals surface area contributed by atoms with E-state index in [9.17, 15) is 14.9 Å². The molecule has 1 saturated heterocycles. The van der Waals surface area contributed by atoms with Crippen molar-refractivity contribution in [3.8, 4) is 0 Å². The molecule has 10 nitrogen and oxygen atoms in total. The van der Waals surface area contributed by atoms with Crippen LogP contribution in [0.25, 0.3) is 11.0 Å². The Morgan fingerprint density at radius 2 is 1.97 bits per heavy atom. The summed E-state index contributed by atoms with van der Waals surface area (Å²) in [6, 6.07) is 3.62. The molecule has 10 heteroatoms. The van der Waals surface area contributed by atoms with Crippen molar-refractivity contribution >= 4 is 28.9 Å². The number of hydrogen-bond acceptors (Lipinski definition) is 9. The van der Waals surface area contributed by atoms with E-state index in [0.717, 1.165) is 6.04 Å². The largest absolute Gasteiger partial charge is 0.459 e. The van der Waals surface area contributed by atoms with Gasteiger partial charge in [-0.25, -0.2) is 4.63 Å². The summed E-state index contributed by atoms with van der Waals surface area (Å²) in [4.78, 5) is 21.1. The average Bonchev–Trinajstić information content (AvgIpc) is 3.12. The number of aromatic nitrogens is 2. The summed E-state index contributed by atoms with van der Waals surface area (Å²) in [5.41, 5.74) is -0.919. The van der Waals surface area contributed by atoms with Gasteiger partial charge in [-0.05, 0) is 70.4 Å². The molecule has 1 aromatic carbocycles. The van der Waals surface area contributed by atoms with Crippen molar-refractivity contribution in [3.05, 3.63) is 22.2 Å². The Kier molecular flexibility index (Phi) is 7.12. The number of nitro groups is 1. The molecular formula is C19H29N5O5. The third kappa shape index (κ3) is 5.41. The van der Waals surface area contributed by atoms with Crippen molar-refractivity contribution in [1.29, 1.82) is 0 Å². The van der Waals surface area contributed by atoms with Crippen molar-refractivity contribution in [2.24, 2.45) is 0 Å². The number of hydrogen-bond donors (Lipinski definition) is 2. The summed E-state index contributed by atoms with van der Waals surface area (Å²) in [7, 11) is 0. The van der Waals surface area contributed by atoms with Gasteiger partial charge in [0, 0.05) is 12.1 Å². The lowest BCUT2D eigenvalue weighted by molar-refractivity contribution is -0.383. The number of nitro benzene ring substituents is 1. The molecule has 0 spiro atoms. The van der Waals surface area contributed by atoms with E-state index >= 15 is 0 Å². The molecule has 2 heterocycles. The van der Waals surface area contributed by atoms with Crippen LogP contribution in [0.4, 0.5) is 11.4 Å². The fourth-order valence-electron chi connectivity index (χ4n) is 2.88. The van der Waals surface area contributed by atoms with Crippen LogP contribution >= 0.6 is 0 Å². The van der Waals surface area contributed by atoms with Crippen molar-refractivity contribution in [2.45, 2.75) is 71.1 Å². The van der Waals surface area contributed by atoms with Gasteiger partial charge in [0.25, 0.3) is 6.47 Å². The second-order valence-corrected chi connectivity index (χ2v) is 8.18. The number of anilines is 1. The predicted octanol–water partition coefficient (Wildman–Crippen LogP) is 3.42. The third-order valence-electron chi connectivity index (χ3n) is 5.44. The average molecular weight is 407 g/mol. The monoisotopic (exact) mass is 407 g/mol. The van der Waals surface area contributed by atoms with Crippen LogP contribution < -0.4 is 10.6 Å². The maximum atomic E-state index is 11.0. The highest BCUT2D eigenvalue weighted by Gasteiger charge is 2.39. The first-order valence-corrected chi connectivity index (χ1v) is 9.62. The second kappa shape index (κ2) is 9.17. The number of non-ortho nitro benzene ring substituents is 1. The lowest BCUT2D eigenvalue weighted by atomic mass is 9.85. The van der Waals surface area contributed by atoms with Gasteiger partial charge in [-0.3, -0.25) is 14.9 Å². The van der Waals surface area contributed by atoms with Gasteiger partial charge in [0.2, 0.25) is 5.52 Å². The van der Waals surface area contributed by atoms with Crippen molar-refractivity contribution < 1.29 is 19.1 Å². The van der Waals surface area contributed by atoms with E-state index in [0.29, 0.717) is 12.2 Å². The Bertz CT molecular complexity index is 843. The van der Waals surface area contributed by atoms with E-state index in [1.54, 1.807) is 13.8 Å². The minimum Gasteiger partial charge on any atom is -0.459 e. The number of ether oxygens (including phenoxy) is 1. The van der Waals surface area contributed by atoms with Gasteiger partial charge in [-0.1, -0.05) is 6.42 Å². The summed E-state index contributed by atoms with van der Waals surface area (Å²) in [5, 5.41) is 24.8. The molecule has 3 rings (SSSR count). The molecule has 160 valence electrons. The van der Waals surface area contributed by atoms with E-state index in [1.807, 2.05) is 13.8 Å². The molecule has 1 aliphatic rings. The van der Waals surface area contributed by atoms with Gasteiger partial charge in [-0.15, -0.1) is 0 Å². The number of fused-ring (bicyclic) bond motifs is 1. The molecule has 2 N–H and O–H groups in total. The van der Waals surface area contributed by atoms with E-state index in [-0.39, 0.29) is 16.7 Å². The molecule has 1 fully saturated rings. The molecule has 0 radical (unpaired) electrons. The zero-order valence-electron chi connectivity index (χ0n) is 17.5. The van der Waals surface area contributed by atoms with Crippen LogP contribution in [0.2, 0.25) is 0 Å². The van der Waals surface area contributed by atoms with Gasteiger partial charge in [0.15, 0.2) is 5.52 Å². The Labute approximate surface area is 169 Å². The second-order valence-electron chi connectivity index (χ2n) is 8.18. The minimum atomic E-state index is -0.833. The maximum absolute atomic E-state index is 11.0. The standard InChI is InChI=1S/C13H16N4O5.C6H13N/c1-12(2,13(3,4)21-7-18)14-8-5-6-9(17(19)20)11-10(8)15-22-16-11;1-6-4-2-3-5-7-6/h5-7,14H,1-4H3;6-7H,2-5H2,1H3. The van der Waals surface area contributed by atoms with Crippen molar-refractivity contribution in [2.75, 3.05) is 11.9 Å². The van der Waals surface area contributed by atoms with Crippen LogP contribution in [-0.4, -0.2) is 45.4 Å². The summed E-state index contributed by atoms with van der Waals surface area (Å²) < 4.78 is 9.72. The molecule has 1 aromatic heterocycles. The quantitative estimate of drug-likeness (QED) is 0.420. The molecule has 1 aliphatic heterocycles. The Balaban J connectivity index is 0.000000360. The molecule has 1 unspecified atom stereocenters. The van der Waals surface area contributed by atoms with Crippen LogP contribution in [0.5, 0.6) is 0 Å². The van der Waals surface area contributed by atoms with Crippen LogP contribution in [-0.2, 0) is 9.53 Å². The highest BCUT2D eigenvalue weighted by molar-refractivity contribution is 5.93. The Morgan fingerprint density at radius 1 is 1.28 bits per heavy atom. The van der Waals surface area contributed by atoms with Crippen molar-refractivity contribution in [3.63, 3.8) is 0 Å². The summed E-state index contributed by atoms with van der Waals surface area (Å²) in [6.07, 6.45) is 4.18. The Hall–Kier alpha value is -2.75.